The fourth-order valence-electron chi connectivity index (χ4n) is 3.65. The summed E-state index contributed by atoms with van der Waals surface area (Å²) in [5.74, 6) is 3.70. The SMILES string of the molecule is CC(C#C[Si](C(C)C)(C(C)C)C(C)C)c1cccc(C=O)c1. The minimum atomic E-state index is -1.68. The van der Waals surface area contributed by atoms with Crippen LogP contribution < -0.4 is 0 Å². The molecule has 1 unspecified atom stereocenters. The molecule has 1 aromatic carbocycles. The highest BCUT2D eigenvalue weighted by Crippen LogP contribution is 2.40. The predicted octanol–water partition coefficient (Wildman–Crippen LogP) is 5.82. The van der Waals surface area contributed by atoms with Crippen molar-refractivity contribution in [2.75, 3.05) is 0 Å². The zero-order valence-corrected chi connectivity index (χ0v) is 16.1. The smallest absolute Gasteiger partial charge is 0.150 e. The van der Waals surface area contributed by atoms with Crippen LogP contribution in [-0.4, -0.2) is 14.4 Å². The summed E-state index contributed by atoms with van der Waals surface area (Å²) in [4.78, 5) is 10.9. The topological polar surface area (TPSA) is 17.1 Å². The Bertz CT molecular complexity index is 539. The Labute approximate surface area is 137 Å². The fourth-order valence-corrected chi connectivity index (χ4v) is 8.98. The van der Waals surface area contributed by atoms with E-state index in [2.05, 4.69) is 66.0 Å². The van der Waals surface area contributed by atoms with Gasteiger partial charge in [0.1, 0.15) is 14.4 Å². The van der Waals surface area contributed by atoms with E-state index in [1.54, 1.807) is 0 Å². The van der Waals surface area contributed by atoms with Gasteiger partial charge in [-0.05, 0) is 35.2 Å². The largest absolute Gasteiger partial charge is 0.298 e. The Kier molecular flexibility index (Phi) is 6.62. The van der Waals surface area contributed by atoms with Gasteiger partial charge < -0.3 is 0 Å². The van der Waals surface area contributed by atoms with Crippen LogP contribution in [0.5, 0.6) is 0 Å². The summed E-state index contributed by atoms with van der Waals surface area (Å²) in [6, 6.07) is 7.80. The molecule has 0 heterocycles. The van der Waals surface area contributed by atoms with Gasteiger partial charge in [0.25, 0.3) is 0 Å². The van der Waals surface area contributed by atoms with E-state index in [9.17, 15) is 4.79 Å². The molecular weight excluding hydrogens is 284 g/mol. The minimum Gasteiger partial charge on any atom is -0.298 e. The highest BCUT2D eigenvalue weighted by Gasteiger charge is 2.41. The lowest BCUT2D eigenvalue weighted by Gasteiger charge is -2.38. The zero-order chi connectivity index (χ0) is 16.9. The molecule has 0 saturated heterocycles. The van der Waals surface area contributed by atoms with E-state index >= 15 is 0 Å². The van der Waals surface area contributed by atoms with Gasteiger partial charge in [0.15, 0.2) is 0 Å². The molecule has 0 aliphatic heterocycles. The molecule has 0 fully saturated rings. The van der Waals surface area contributed by atoms with Gasteiger partial charge in [-0.3, -0.25) is 4.79 Å². The Morgan fingerprint density at radius 2 is 1.50 bits per heavy atom. The van der Waals surface area contributed by atoms with Crippen molar-refractivity contribution in [1.82, 2.24) is 0 Å². The van der Waals surface area contributed by atoms with Crippen molar-refractivity contribution in [3.63, 3.8) is 0 Å². The standard InChI is InChI=1S/C20H30OSi/c1-15(2)22(16(3)4,17(5)6)12-11-18(7)20-10-8-9-19(13-20)14-21/h8-10,13-18H,1-7H3. The van der Waals surface area contributed by atoms with Gasteiger partial charge >= 0.3 is 0 Å². The Hall–Kier alpha value is -1.33. The van der Waals surface area contributed by atoms with Crippen LogP contribution in [0.15, 0.2) is 24.3 Å². The van der Waals surface area contributed by atoms with E-state index in [1.165, 1.54) is 0 Å². The monoisotopic (exact) mass is 314 g/mol. The maximum absolute atomic E-state index is 10.9. The van der Waals surface area contributed by atoms with Crippen molar-refractivity contribution in [3.05, 3.63) is 35.4 Å². The van der Waals surface area contributed by atoms with Gasteiger partial charge in [0, 0.05) is 11.5 Å². The van der Waals surface area contributed by atoms with E-state index in [4.69, 9.17) is 0 Å². The summed E-state index contributed by atoms with van der Waals surface area (Å²) >= 11 is 0. The lowest BCUT2D eigenvalue weighted by molar-refractivity contribution is 0.112. The van der Waals surface area contributed by atoms with Gasteiger partial charge in [-0.2, -0.15) is 0 Å². The third kappa shape index (κ3) is 3.90. The first-order chi connectivity index (χ1) is 10.3. The summed E-state index contributed by atoms with van der Waals surface area (Å²) < 4.78 is 0. The molecule has 0 spiro atoms. The van der Waals surface area contributed by atoms with Gasteiger partial charge in [0.2, 0.25) is 0 Å². The maximum Gasteiger partial charge on any atom is 0.150 e. The third-order valence-electron chi connectivity index (χ3n) is 4.92. The van der Waals surface area contributed by atoms with Gasteiger partial charge in [-0.25, -0.2) is 0 Å². The van der Waals surface area contributed by atoms with Crippen molar-refractivity contribution in [2.24, 2.45) is 0 Å². The molecule has 120 valence electrons. The molecule has 0 aromatic heterocycles. The molecule has 1 atom stereocenters. The number of hydrogen-bond acceptors (Lipinski definition) is 1. The van der Waals surface area contributed by atoms with Gasteiger partial charge in [0.05, 0.1) is 0 Å². The summed E-state index contributed by atoms with van der Waals surface area (Å²) in [6.07, 6.45) is 0.902. The predicted molar refractivity (Wildman–Crippen MR) is 99.1 cm³/mol. The third-order valence-corrected chi connectivity index (χ3v) is 11.2. The highest BCUT2D eigenvalue weighted by molar-refractivity contribution is 6.90. The van der Waals surface area contributed by atoms with Crippen LogP contribution >= 0.6 is 0 Å². The summed E-state index contributed by atoms with van der Waals surface area (Å²) in [6.45, 7) is 16.1. The fraction of sp³-hybridized carbons (Fsp3) is 0.550. The normalized spacial score (nSPS) is 13.2. The molecule has 22 heavy (non-hydrogen) atoms. The number of hydrogen-bond donors (Lipinski definition) is 0. The molecule has 2 heteroatoms. The van der Waals surface area contributed by atoms with E-state index in [0.717, 1.165) is 17.4 Å². The first-order valence-electron chi connectivity index (χ1n) is 8.33. The van der Waals surface area contributed by atoms with Crippen LogP contribution in [-0.2, 0) is 0 Å². The van der Waals surface area contributed by atoms with Crippen molar-refractivity contribution >= 4 is 14.4 Å². The number of aldehydes is 1. The molecule has 0 bridgehead atoms. The minimum absolute atomic E-state index is 0.169. The maximum atomic E-state index is 10.9. The van der Waals surface area contributed by atoms with Crippen molar-refractivity contribution in [3.8, 4) is 11.5 Å². The summed E-state index contributed by atoms with van der Waals surface area (Å²) in [5, 5.41) is 0. The zero-order valence-electron chi connectivity index (χ0n) is 15.1. The summed E-state index contributed by atoms with van der Waals surface area (Å²) in [5.41, 5.74) is 7.57. The van der Waals surface area contributed by atoms with E-state index in [0.29, 0.717) is 16.6 Å². The molecule has 0 saturated carbocycles. The van der Waals surface area contributed by atoms with Crippen LogP contribution in [0.4, 0.5) is 0 Å². The molecule has 0 aliphatic rings. The number of carbonyl (C=O) groups is 1. The van der Waals surface area contributed by atoms with Crippen LogP contribution in [0, 0.1) is 11.5 Å². The second-order valence-electron chi connectivity index (χ2n) is 7.18. The second kappa shape index (κ2) is 7.79. The molecule has 0 aliphatic carbocycles. The number of rotatable bonds is 5. The van der Waals surface area contributed by atoms with Crippen LogP contribution in [0.2, 0.25) is 16.6 Å². The molecule has 0 radical (unpaired) electrons. The van der Waals surface area contributed by atoms with E-state index in [-0.39, 0.29) is 5.92 Å². The highest BCUT2D eigenvalue weighted by atomic mass is 28.3. The second-order valence-corrected chi connectivity index (χ2v) is 12.8. The van der Waals surface area contributed by atoms with Gasteiger partial charge in [-0.15, -0.1) is 11.5 Å². The van der Waals surface area contributed by atoms with E-state index < -0.39 is 8.07 Å². The van der Waals surface area contributed by atoms with Crippen molar-refractivity contribution in [2.45, 2.75) is 71.0 Å². The lowest BCUT2D eigenvalue weighted by atomic mass is 10.0. The Balaban J connectivity index is 3.19. The van der Waals surface area contributed by atoms with E-state index in [1.807, 2.05) is 18.2 Å². The lowest BCUT2D eigenvalue weighted by Crippen LogP contribution is -2.43. The van der Waals surface area contributed by atoms with Crippen LogP contribution in [0.3, 0.4) is 0 Å². The first-order valence-corrected chi connectivity index (χ1v) is 10.6. The molecule has 0 N–H and O–H groups in total. The van der Waals surface area contributed by atoms with Gasteiger partial charge in [-0.1, -0.05) is 59.7 Å². The van der Waals surface area contributed by atoms with Crippen molar-refractivity contribution < 1.29 is 4.79 Å². The Morgan fingerprint density at radius 3 is 1.95 bits per heavy atom. The molecule has 1 rings (SSSR count). The summed E-state index contributed by atoms with van der Waals surface area (Å²) in [7, 11) is -1.68. The van der Waals surface area contributed by atoms with Crippen molar-refractivity contribution in [1.29, 1.82) is 0 Å². The first kappa shape index (κ1) is 18.7. The molecule has 1 nitrogen and oxygen atoms in total. The number of carbonyl (C=O) groups excluding carboxylic acids is 1. The molecule has 1 aromatic rings. The van der Waals surface area contributed by atoms with Crippen LogP contribution in [0.1, 0.15) is 70.3 Å². The quantitative estimate of drug-likeness (QED) is 0.380. The Morgan fingerprint density at radius 1 is 0.955 bits per heavy atom. The average molecular weight is 315 g/mol. The van der Waals surface area contributed by atoms with Crippen LogP contribution in [0.25, 0.3) is 0 Å². The average Bonchev–Trinajstić information content (AvgIpc) is 2.46. The molecule has 0 amide bonds. The number of benzene rings is 1. The molecular formula is C20H30OSi.